The van der Waals surface area contributed by atoms with Gasteiger partial charge in [0, 0.05) is 24.7 Å². The van der Waals surface area contributed by atoms with Gasteiger partial charge in [-0.15, -0.1) is 0 Å². The van der Waals surface area contributed by atoms with Crippen LogP contribution in [0.15, 0.2) is 48.5 Å². The SMILES string of the molecule is CC[C@@H](CO)N(Cc1ccc(F)cc1)Cc1ccc(C(C)=O)cc1. The molecule has 24 heavy (non-hydrogen) atoms. The van der Waals surface area contributed by atoms with Crippen molar-refractivity contribution in [1.29, 1.82) is 0 Å². The monoisotopic (exact) mass is 329 g/mol. The predicted molar refractivity (Wildman–Crippen MR) is 93.3 cm³/mol. The molecule has 0 aliphatic heterocycles. The number of aliphatic hydroxyl groups excluding tert-OH is 1. The normalized spacial score (nSPS) is 12.4. The second-order valence-corrected chi connectivity index (χ2v) is 6.03. The first kappa shape index (κ1) is 18.3. The molecule has 4 heteroatoms. The van der Waals surface area contributed by atoms with Gasteiger partial charge in [0.1, 0.15) is 5.82 Å². The quantitative estimate of drug-likeness (QED) is 0.749. The largest absolute Gasteiger partial charge is 0.395 e. The Bertz CT molecular complexity index is 648. The molecule has 0 unspecified atom stereocenters. The van der Waals surface area contributed by atoms with Gasteiger partial charge in [0.15, 0.2) is 5.78 Å². The molecule has 2 rings (SSSR count). The summed E-state index contributed by atoms with van der Waals surface area (Å²) in [5.41, 5.74) is 2.77. The number of halogens is 1. The average molecular weight is 329 g/mol. The molecule has 0 saturated heterocycles. The summed E-state index contributed by atoms with van der Waals surface area (Å²) in [6.45, 7) is 4.96. The van der Waals surface area contributed by atoms with Crippen molar-refractivity contribution in [2.45, 2.75) is 39.4 Å². The Morgan fingerprint density at radius 3 is 1.96 bits per heavy atom. The lowest BCUT2D eigenvalue weighted by atomic mass is 10.1. The minimum absolute atomic E-state index is 0.0301. The molecular formula is C20H24FNO2. The fourth-order valence-corrected chi connectivity index (χ4v) is 2.72. The maximum atomic E-state index is 13.1. The van der Waals surface area contributed by atoms with Gasteiger partial charge in [-0.3, -0.25) is 9.69 Å². The number of carbonyl (C=O) groups excluding carboxylic acids is 1. The molecule has 0 bridgehead atoms. The lowest BCUT2D eigenvalue weighted by molar-refractivity contribution is 0.101. The van der Waals surface area contributed by atoms with Crippen LogP contribution in [-0.4, -0.2) is 28.4 Å². The summed E-state index contributed by atoms with van der Waals surface area (Å²) in [4.78, 5) is 13.6. The highest BCUT2D eigenvalue weighted by atomic mass is 19.1. The molecule has 0 spiro atoms. The van der Waals surface area contributed by atoms with E-state index in [0.717, 1.165) is 17.5 Å². The maximum absolute atomic E-state index is 13.1. The number of aliphatic hydroxyl groups is 1. The van der Waals surface area contributed by atoms with Crippen molar-refractivity contribution in [3.8, 4) is 0 Å². The van der Waals surface area contributed by atoms with E-state index in [1.807, 2.05) is 31.2 Å². The highest BCUT2D eigenvalue weighted by Crippen LogP contribution is 2.16. The molecular weight excluding hydrogens is 305 g/mol. The standard InChI is InChI=1S/C20H24FNO2/c1-3-20(14-23)22(13-17-6-10-19(21)11-7-17)12-16-4-8-18(9-5-16)15(2)24/h4-11,20,23H,3,12-14H2,1-2H3/t20-/m0/s1. The number of hydrogen-bond acceptors (Lipinski definition) is 3. The smallest absolute Gasteiger partial charge is 0.159 e. The summed E-state index contributed by atoms with van der Waals surface area (Å²) >= 11 is 0. The Hall–Kier alpha value is -2.04. The topological polar surface area (TPSA) is 40.5 Å². The number of rotatable bonds is 8. The molecule has 1 N–H and O–H groups in total. The number of carbonyl (C=O) groups is 1. The van der Waals surface area contributed by atoms with Crippen molar-refractivity contribution in [3.63, 3.8) is 0 Å². The number of ketones is 1. The fourth-order valence-electron chi connectivity index (χ4n) is 2.72. The van der Waals surface area contributed by atoms with Crippen molar-refractivity contribution < 1.29 is 14.3 Å². The van der Waals surface area contributed by atoms with Gasteiger partial charge in [-0.1, -0.05) is 43.3 Å². The Labute approximate surface area is 142 Å². The molecule has 0 saturated carbocycles. The van der Waals surface area contributed by atoms with Gasteiger partial charge in [-0.25, -0.2) is 4.39 Å². The zero-order valence-corrected chi connectivity index (χ0v) is 14.2. The molecule has 1 atom stereocenters. The molecule has 0 heterocycles. The van der Waals surface area contributed by atoms with Crippen molar-refractivity contribution in [1.82, 2.24) is 4.90 Å². The number of benzene rings is 2. The Kier molecular flexibility index (Phi) is 6.64. The van der Waals surface area contributed by atoms with Crippen molar-refractivity contribution >= 4 is 5.78 Å². The average Bonchev–Trinajstić information content (AvgIpc) is 2.58. The van der Waals surface area contributed by atoms with Crippen LogP contribution in [0.3, 0.4) is 0 Å². The number of Topliss-reactive ketones (excluding diaryl/α,β-unsaturated/α-hetero) is 1. The van der Waals surface area contributed by atoms with Crippen LogP contribution < -0.4 is 0 Å². The predicted octanol–water partition coefficient (Wildman–Crippen LogP) is 3.80. The number of nitrogens with zero attached hydrogens (tertiary/aromatic N) is 1. The molecule has 0 aliphatic rings. The second-order valence-electron chi connectivity index (χ2n) is 6.03. The third kappa shape index (κ3) is 4.98. The first-order valence-electron chi connectivity index (χ1n) is 8.22. The summed E-state index contributed by atoms with van der Waals surface area (Å²) in [5.74, 6) is -0.203. The first-order valence-corrected chi connectivity index (χ1v) is 8.22. The van der Waals surface area contributed by atoms with Crippen LogP contribution in [0.25, 0.3) is 0 Å². The first-order chi connectivity index (χ1) is 11.5. The van der Waals surface area contributed by atoms with Crippen molar-refractivity contribution in [3.05, 3.63) is 71.0 Å². The van der Waals surface area contributed by atoms with E-state index in [1.165, 1.54) is 12.1 Å². The zero-order chi connectivity index (χ0) is 17.5. The van der Waals surface area contributed by atoms with Crippen LogP contribution >= 0.6 is 0 Å². The third-order valence-corrected chi connectivity index (χ3v) is 4.24. The second kappa shape index (κ2) is 8.71. The maximum Gasteiger partial charge on any atom is 0.159 e. The van der Waals surface area contributed by atoms with Crippen molar-refractivity contribution in [2.24, 2.45) is 0 Å². The molecule has 0 aromatic heterocycles. The van der Waals surface area contributed by atoms with E-state index in [0.29, 0.717) is 18.7 Å². The summed E-state index contributed by atoms with van der Waals surface area (Å²) in [6.07, 6.45) is 0.823. The van der Waals surface area contributed by atoms with Gasteiger partial charge in [-0.05, 0) is 36.6 Å². The van der Waals surface area contributed by atoms with Crippen LogP contribution in [-0.2, 0) is 13.1 Å². The molecule has 2 aromatic carbocycles. The Morgan fingerprint density at radius 2 is 1.54 bits per heavy atom. The lowest BCUT2D eigenvalue weighted by Crippen LogP contribution is -2.36. The minimum atomic E-state index is -0.251. The van der Waals surface area contributed by atoms with E-state index in [2.05, 4.69) is 4.90 Å². The highest BCUT2D eigenvalue weighted by molar-refractivity contribution is 5.93. The van der Waals surface area contributed by atoms with Gasteiger partial charge < -0.3 is 5.11 Å². The van der Waals surface area contributed by atoms with Crippen molar-refractivity contribution in [2.75, 3.05) is 6.61 Å². The summed E-state index contributed by atoms with van der Waals surface area (Å²) in [6, 6.07) is 14.0. The Morgan fingerprint density at radius 1 is 1.04 bits per heavy atom. The minimum Gasteiger partial charge on any atom is -0.395 e. The summed E-state index contributed by atoms with van der Waals surface area (Å²) in [5, 5.41) is 9.67. The third-order valence-electron chi connectivity index (χ3n) is 4.24. The van der Waals surface area contributed by atoms with Crippen LogP contribution in [0.1, 0.15) is 41.8 Å². The number of hydrogen-bond donors (Lipinski definition) is 1. The molecule has 0 fully saturated rings. The van der Waals surface area contributed by atoms with Gasteiger partial charge in [0.05, 0.1) is 6.61 Å². The molecule has 0 amide bonds. The van der Waals surface area contributed by atoms with Gasteiger partial charge in [0.25, 0.3) is 0 Å². The molecule has 0 radical (unpaired) electrons. The van der Waals surface area contributed by atoms with Gasteiger partial charge in [0.2, 0.25) is 0 Å². The molecule has 3 nitrogen and oxygen atoms in total. The van der Waals surface area contributed by atoms with Gasteiger partial charge in [-0.2, -0.15) is 0 Å². The Balaban J connectivity index is 2.16. The zero-order valence-electron chi connectivity index (χ0n) is 14.2. The van der Waals surface area contributed by atoms with E-state index >= 15 is 0 Å². The fraction of sp³-hybridized carbons (Fsp3) is 0.350. The van der Waals surface area contributed by atoms with E-state index < -0.39 is 0 Å². The van der Waals surface area contributed by atoms with Crippen LogP contribution in [0.4, 0.5) is 4.39 Å². The molecule has 128 valence electrons. The molecule has 0 aliphatic carbocycles. The summed E-state index contributed by atoms with van der Waals surface area (Å²) < 4.78 is 13.1. The van der Waals surface area contributed by atoms with Gasteiger partial charge >= 0.3 is 0 Å². The van der Waals surface area contributed by atoms with E-state index in [9.17, 15) is 14.3 Å². The van der Waals surface area contributed by atoms with E-state index in [1.54, 1.807) is 19.1 Å². The van der Waals surface area contributed by atoms with E-state index in [4.69, 9.17) is 0 Å². The van der Waals surface area contributed by atoms with E-state index in [-0.39, 0.29) is 24.2 Å². The van der Waals surface area contributed by atoms with Crippen LogP contribution in [0.5, 0.6) is 0 Å². The summed E-state index contributed by atoms with van der Waals surface area (Å²) in [7, 11) is 0. The van der Waals surface area contributed by atoms with Crippen LogP contribution in [0.2, 0.25) is 0 Å². The van der Waals surface area contributed by atoms with Crippen LogP contribution in [0, 0.1) is 5.82 Å². The highest BCUT2D eigenvalue weighted by Gasteiger charge is 2.17. The lowest BCUT2D eigenvalue weighted by Gasteiger charge is -2.30. The molecule has 2 aromatic rings.